The average molecular weight is 193 g/mol. The minimum atomic E-state index is -0.950. The predicted octanol–water partition coefficient (Wildman–Crippen LogP) is 1.40. The molecule has 1 aliphatic carbocycles. The van der Waals surface area contributed by atoms with Crippen LogP contribution in [0.5, 0.6) is 0 Å². The zero-order valence-corrected chi connectivity index (χ0v) is 7.62. The molecule has 4 heteroatoms. The van der Waals surface area contributed by atoms with E-state index in [0.717, 1.165) is 24.1 Å². The number of rotatable bonds is 3. The van der Waals surface area contributed by atoms with Crippen molar-refractivity contribution in [2.45, 2.75) is 12.8 Å². The third-order valence-corrected chi connectivity index (χ3v) is 2.17. The summed E-state index contributed by atoms with van der Waals surface area (Å²) in [6.07, 6.45) is 5.62. The van der Waals surface area contributed by atoms with Crippen molar-refractivity contribution in [3.8, 4) is 0 Å². The summed E-state index contributed by atoms with van der Waals surface area (Å²) in [4.78, 5) is 13.4. The number of fused-ring (bicyclic) bond motifs is 1. The Morgan fingerprint density at radius 2 is 2.50 bits per heavy atom. The number of nitrogens with one attached hydrogen (secondary N) is 1. The molecule has 1 aliphatic rings. The van der Waals surface area contributed by atoms with Crippen LogP contribution in [-0.4, -0.2) is 22.7 Å². The maximum atomic E-state index is 10.3. The van der Waals surface area contributed by atoms with Crippen LogP contribution in [0.4, 0.5) is 0 Å². The molecule has 1 aromatic rings. The molecular formula is C10H11NO3. The summed E-state index contributed by atoms with van der Waals surface area (Å²) in [6, 6.07) is 1.90. The van der Waals surface area contributed by atoms with Crippen LogP contribution in [-0.2, 0) is 16.0 Å². The number of aryl methyl sites for hydroxylation is 1. The number of allylic oxidation sites excluding steroid dienone is 1. The van der Waals surface area contributed by atoms with E-state index in [1.807, 2.05) is 18.3 Å². The Kier molecular flexibility index (Phi) is 2.26. The van der Waals surface area contributed by atoms with Gasteiger partial charge < -0.3 is 14.8 Å². The molecule has 0 bridgehead atoms. The first-order valence-electron chi connectivity index (χ1n) is 4.49. The number of aromatic nitrogens is 1. The van der Waals surface area contributed by atoms with Crippen molar-refractivity contribution in [2.75, 3.05) is 6.61 Å². The summed E-state index contributed by atoms with van der Waals surface area (Å²) in [5, 5.41) is 8.48. The van der Waals surface area contributed by atoms with Gasteiger partial charge in [0.1, 0.15) is 5.76 Å². The van der Waals surface area contributed by atoms with Crippen molar-refractivity contribution in [3.63, 3.8) is 0 Å². The lowest BCUT2D eigenvalue weighted by Gasteiger charge is -2.13. The van der Waals surface area contributed by atoms with Crippen molar-refractivity contribution >= 4 is 11.7 Å². The zero-order chi connectivity index (χ0) is 9.97. The van der Waals surface area contributed by atoms with Gasteiger partial charge in [0.2, 0.25) is 0 Å². The molecule has 2 N–H and O–H groups in total. The van der Waals surface area contributed by atoms with Crippen LogP contribution in [0.15, 0.2) is 18.3 Å². The van der Waals surface area contributed by atoms with Gasteiger partial charge in [0, 0.05) is 17.5 Å². The molecular weight excluding hydrogens is 182 g/mol. The molecule has 74 valence electrons. The van der Waals surface area contributed by atoms with Crippen LogP contribution in [0.25, 0.3) is 5.76 Å². The largest absolute Gasteiger partial charge is 0.482 e. The van der Waals surface area contributed by atoms with E-state index < -0.39 is 5.97 Å². The molecule has 2 rings (SSSR count). The van der Waals surface area contributed by atoms with E-state index in [9.17, 15) is 4.79 Å². The van der Waals surface area contributed by atoms with Gasteiger partial charge in [-0.1, -0.05) is 0 Å². The minimum absolute atomic E-state index is 0.281. The number of H-pyrrole nitrogens is 1. The quantitative estimate of drug-likeness (QED) is 0.762. The topological polar surface area (TPSA) is 62.3 Å². The molecule has 0 fully saturated rings. The van der Waals surface area contributed by atoms with Crippen molar-refractivity contribution in [1.82, 2.24) is 4.98 Å². The monoisotopic (exact) mass is 193 g/mol. The number of ether oxygens (including phenoxy) is 1. The first-order chi connectivity index (χ1) is 6.77. The molecule has 0 atom stereocenters. The normalized spacial score (nSPS) is 14.4. The smallest absolute Gasteiger partial charge is 0.341 e. The highest BCUT2D eigenvalue weighted by atomic mass is 16.5. The van der Waals surface area contributed by atoms with Crippen molar-refractivity contribution < 1.29 is 14.6 Å². The number of hydrogen-bond acceptors (Lipinski definition) is 2. The number of aromatic amines is 1. The average Bonchev–Trinajstić information content (AvgIpc) is 2.62. The summed E-state index contributed by atoms with van der Waals surface area (Å²) >= 11 is 0. The Morgan fingerprint density at radius 1 is 1.64 bits per heavy atom. The van der Waals surface area contributed by atoms with E-state index in [0.29, 0.717) is 5.76 Å². The van der Waals surface area contributed by atoms with E-state index >= 15 is 0 Å². The van der Waals surface area contributed by atoms with Gasteiger partial charge in [-0.3, -0.25) is 0 Å². The maximum Gasteiger partial charge on any atom is 0.341 e. The molecule has 0 amide bonds. The molecule has 0 spiro atoms. The Hall–Kier alpha value is -1.71. The molecule has 4 nitrogen and oxygen atoms in total. The van der Waals surface area contributed by atoms with Crippen LogP contribution in [0, 0.1) is 0 Å². The lowest BCUT2D eigenvalue weighted by Crippen LogP contribution is -2.08. The SMILES string of the molecule is O=C(O)COC1=CCCc2[nH]ccc21. The number of aliphatic carboxylic acids is 1. The Balaban J connectivity index is 2.13. The van der Waals surface area contributed by atoms with Gasteiger partial charge in [-0.25, -0.2) is 4.79 Å². The lowest BCUT2D eigenvalue weighted by atomic mass is 10.0. The van der Waals surface area contributed by atoms with Crippen LogP contribution in [0.3, 0.4) is 0 Å². The van der Waals surface area contributed by atoms with E-state index in [-0.39, 0.29) is 6.61 Å². The first-order valence-corrected chi connectivity index (χ1v) is 4.49. The number of hydrogen-bond donors (Lipinski definition) is 2. The van der Waals surface area contributed by atoms with Gasteiger partial charge in [0.25, 0.3) is 0 Å². The second-order valence-electron chi connectivity index (χ2n) is 3.16. The highest BCUT2D eigenvalue weighted by molar-refractivity contribution is 5.71. The number of carboxylic acid groups (broad SMARTS) is 1. The maximum absolute atomic E-state index is 10.3. The molecule has 14 heavy (non-hydrogen) atoms. The molecule has 0 aliphatic heterocycles. The van der Waals surface area contributed by atoms with Crippen LogP contribution < -0.4 is 0 Å². The van der Waals surface area contributed by atoms with Crippen LogP contribution >= 0.6 is 0 Å². The zero-order valence-electron chi connectivity index (χ0n) is 7.62. The fourth-order valence-electron chi connectivity index (χ4n) is 1.58. The molecule has 0 unspecified atom stereocenters. The summed E-state index contributed by atoms with van der Waals surface area (Å²) < 4.78 is 5.17. The van der Waals surface area contributed by atoms with Gasteiger partial charge in [0.15, 0.2) is 6.61 Å². The van der Waals surface area contributed by atoms with Crippen LogP contribution in [0.1, 0.15) is 17.7 Å². The van der Waals surface area contributed by atoms with Gasteiger partial charge in [0.05, 0.1) is 0 Å². The Morgan fingerprint density at radius 3 is 3.29 bits per heavy atom. The standard InChI is InChI=1S/C10H11NO3/c12-10(13)6-14-9-3-1-2-8-7(9)4-5-11-8/h3-5,11H,1-2,6H2,(H,12,13). The van der Waals surface area contributed by atoms with Crippen molar-refractivity contribution in [3.05, 3.63) is 29.6 Å². The molecule has 1 aromatic heterocycles. The predicted molar refractivity (Wildman–Crippen MR) is 50.7 cm³/mol. The van der Waals surface area contributed by atoms with Gasteiger partial charge in [-0.05, 0) is 25.0 Å². The van der Waals surface area contributed by atoms with E-state index in [1.54, 1.807) is 0 Å². The van der Waals surface area contributed by atoms with Crippen molar-refractivity contribution in [1.29, 1.82) is 0 Å². The summed E-state index contributed by atoms with van der Waals surface area (Å²) in [7, 11) is 0. The molecule has 0 saturated carbocycles. The summed E-state index contributed by atoms with van der Waals surface area (Å²) in [5.41, 5.74) is 2.10. The van der Waals surface area contributed by atoms with E-state index in [2.05, 4.69) is 4.98 Å². The first kappa shape index (κ1) is 8.87. The molecule has 0 radical (unpaired) electrons. The lowest BCUT2D eigenvalue weighted by molar-refractivity contribution is -0.139. The van der Waals surface area contributed by atoms with Gasteiger partial charge in [-0.2, -0.15) is 0 Å². The fraction of sp³-hybridized carbons (Fsp3) is 0.300. The van der Waals surface area contributed by atoms with E-state index in [1.165, 1.54) is 0 Å². The second kappa shape index (κ2) is 3.57. The highest BCUT2D eigenvalue weighted by Gasteiger charge is 2.14. The second-order valence-corrected chi connectivity index (χ2v) is 3.16. The molecule has 0 aromatic carbocycles. The number of carbonyl (C=O) groups is 1. The van der Waals surface area contributed by atoms with Crippen molar-refractivity contribution in [2.24, 2.45) is 0 Å². The number of carboxylic acids is 1. The minimum Gasteiger partial charge on any atom is -0.482 e. The van der Waals surface area contributed by atoms with E-state index in [4.69, 9.17) is 9.84 Å². The third-order valence-electron chi connectivity index (χ3n) is 2.17. The Bertz CT molecular complexity index is 378. The van der Waals surface area contributed by atoms with Gasteiger partial charge >= 0.3 is 5.97 Å². The third kappa shape index (κ3) is 1.64. The fourth-order valence-corrected chi connectivity index (χ4v) is 1.58. The summed E-state index contributed by atoms with van der Waals surface area (Å²) in [5.74, 6) is -0.275. The molecule has 0 saturated heterocycles. The van der Waals surface area contributed by atoms with Crippen LogP contribution in [0.2, 0.25) is 0 Å². The molecule has 1 heterocycles. The Labute approximate surface area is 81.2 Å². The summed E-state index contributed by atoms with van der Waals surface area (Å²) in [6.45, 7) is -0.281. The highest BCUT2D eigenvalue weighted by Crippen LogP contribution is 2.25. The van der Waals surface area contributed by atoms with Gasteiger partial charge in [-0.15, -0.1) is 0 Å².